The van der Waals surface area contributed by atoms with Crippen molar-refractivity contribution in [3.63, 3.8) is 0 Å². The van der Waals surface area contributed by atoms with Gasteiger partial charge in [0.2, 0.25) is 0 Å². The molecule has 0 saturated heterocycles. The van der Waals surface area contributed by atoms with Gasteiger partial charge in [0.05, 0.1) is 5.39 Å². The predicted molar refractivity (Wildman–Crippen MR) is 106 cm³/mol. The number of ether oxygens (including phenoxy) is 1. The van der Waals surface area contributed by atoms with Crippen LogP contribution in [0.5, 0.6) is 5.75 Å². The van der Waals surface area contributed by atoms with Crippen LogP contribution in [0.25, 0.3) is 11.0 Å². The fraction of sp³-hybridized carbons (Fsp3) is 0.476. The third-order valence-electron chi connectivity index (χ3n) is 4.71. The molecule has 0 aliphatic rings. The Balaban J connectivity index is 2.27. The largest absolute Gasteiger partial charge is 0.483 e. The number of carboxylic acids is 1. The minimum absolute atomic E-state index is 0.202. The molecule has 0 fully saturated rings. The molecule has 0 bridgehead atoms. The lowest BCUT2D eigenvalue weighted by Crippen LogP contribution is -2.46. The summed E-state index contributed by atoms with van der Waals surface area (Å²) in [5, 5.41) is 12.5. The smallest absolute Gasteiger partial charge is 0.336 e. The van der Waals surface area contributed by atoms with Gasteiger partial charge in [0.25, 0.3) is 5.91 Å². The van der Waals surface area contributed by atoms with E-state index in [1.165, 1.54) is 6.07 Å². The summed E-state index contributed by atoms with van der Waals surface area (Å²) >= 11 is 0. The van der Waals surface area contributed by atoms with Crippen molar-refractivity contribution in [2.45, 2.75) is 53.0 Å². The van der Waals surface area contributed by atoms with Crippen LogP contribution in [0.2, 0.25) is 0 Å². The number of benzene rings is 1. The maximum absolute atomic E-state index is 12.3. The van der Waals surface area contributed by atoms with Gasteiger partial charge in [-0.3, -0.25) is 4.79 Å². The first-order valence-electron chi connectivity index (χ1n) is 9.49. The highest BCUT2D eigenvalue weighted by Crippen LogP contribution is 2.30. The zero-order valence-corrected chi connectivity index (χ0v) is 16.7. The fourth-order valence-electron chi connectivity index (χ4n) is 3.09. The summed E-state index contributed by atoms with van der Waals surface area (Å²) in [6.45, 7) is 7.15. The van der Waals surface area contributed by atoms with Gasteiger partial charge in [0.1, 0.15) is 17.4 Å². The van der Waals surface area contributed by atoms with E-state index in [9.17, 15) is 19.5 Å². The Morgan fingerprint density at radius 3 is 2.57 bits per heavy atom. The number of carbonyl (C=O) groups is 2. The Morgan fingerprint density at radius 1 is 1.25 bits per heavy atom. The summed E-state index contributed by atoms with van der Waals surface area (Å²) in [5.74, 6) is -1.35. The second-order valence-electron chi connectivity index (χ2n) is 7.03. The summed E-state index contributed by atoms with van der Waals surface area (Å²) in [6, 6.07) is 4.01. The van der Waals surface area contributed by atoms with E-state index >= 15 is 0 Å². The van der Waals surface area contributed by atoms with Crippen LogP contribution < -0.4 is 15.7 Å². The second-order valence-corrected chi connectivity index (χ2v) is 7.03. The molecule has 2 rings (SSSR count). The first-order valence-corrected chi connectivity index (χ1v) is 9.49. The maximum Gasteiger partial charge on any atom is 0.336 e. The minimum Gasteiger partial charge on any atom is -0.483 e. The summed E-state index contributed by atoms with van der Waals surface area (Å²) < 4.78 is 11.0. The van der Waals surface area contributed by atoms with E-state index in [-0.39, 0.29) is 12.5 Å². The van der Waals surface area contributed by atoms with Crippen molar-refractivity contribution in [2.75, 3.05) is 6.61 Å². The summed E-state index contributed by atoms with van der Waals surface area (Å²) in [6.07, 6.45) is 2.13. The lowest BCUT2D eigenvalue weighted by Gasteiger charge is -2.20. The monoisotopic (exact) mass is 389 g/mol. The Bertz CT molecular complexity index is 917. The topological polar surface area (TPSA) is 106 Å². The molecular weight excluding hydrogens is 362 g/mol. The van der Waals surface area contributed by atoms with Crippen molar-refractivity contribution in [1.82, 2.24) is 5.32 Å². The van der Waals surface area contributed by atoms with Crippen LogP contribution in [0, 0.1) is 12.8 Å². The van der Waals surface area contributed by atoms with E-state index in [4.69, 9.17) is 9.15 Å². The molecule has 0 saturated carbocycles. The normalized spacial score (nSPS) is 13.1. The fourth-order valence-corrected chi connectivity index (χ4v) is 3.09. The summed E-state index contributed by atoms with van der Waals surface area (Å²) in [5.41, 5.74) is 1.60. The molecule has 1 heterocycles. The van der Waals surface area contributed by atoms with E-state index in [2.05, 4.69) is 5.32 Å². The lowest BCUT2D eigenvalue weighted by molar-refractivity contribution is -0.143. The molecule has 1 aromatic carbocycles. The van der Waals surface area contributed by atoms with Crippen molar-refractivity contribution < 1.29 is 23.8 Å². The van der Waals surface area contributed by atoms with E-state index in [1.54, 1.807) is 19.1 Å². The molecule has 0 aliphatic heterocycles. The van der Waals surface area contributed by atoms with Crippen LogP contribution in [0.1, 0.15) is 44.7 Å². The van der Waals surface area contributed by atoms with Crippen molar-refractivity contribution in [3.05, 3.63) is 39.7 Å². The first kappa shape index (κ1) is 21.5. The average Bonchev–Trinajstić information content (AvgIpc) is 2.62. The average molecular weight is 389 g/mol. The van der Waals surface area contributed by atoms with E-state index in [0.717, 1.165) is 17.5 Å². The Kier molecular flexibility index (Phi) is 7.20. The molecule has 0 unspecified atom stereocenters. The Hall–Kier alpha value is -2.83. The number of fused-ring (bicyclic) bond motifs is 1. The van der Waals surface area contributed by atoms with Gasteiger partial charge in [-0.25, -0.2) is 9.59 Å². The molecule has 0 spiro atoms. The molecule has 1 amide bonds. The molecule has 152 valence electrons. The number of aryl methyl sites for hydroxylation is 2. The van der Waals surface area contributed by atoms with Crippen LogP contribution in [-0.2, 0) is 16.0 Å². The first-order chi connectivity index (χ1) is 13.3. The second kappa shape index (κ2) is 9.39. The van der Waals surface area contributed by atoms with Gasteiger partial charge in [0.15, 0.2) is 6.61 Å². The van der Waals surface area contributed by atoms with Gasteiger partial charge in [-0.05, 0) is 42.5 Å². The molecule has 0 aliphatic carbocycles. The molecule has 1 aromatic heterocycles. The third kappa shape index (κ3) is 5.12. The van der Waals surface area contributed by atoms with Gasteiger partial charge in [-0.15, -0.1) is 0 Å². The van der Waals surface area contributed by atoms with Crippen LogP contribution in [0.4, 0.5) is 0 Å². The molecule has 2 aromatic rings. The van der Waals surface area contributed by atoms with Gasteiger partial charge in [-0.2, -0.15) is 0 Å². The molecule has 2 N–H and O–H groups in total. The van der Waals surface area contributed by atoms with Gasteiger partial charge >= 0.3 is 11.6 Å². The van der Waals surface area contributed by atoms with Crippen LogP contribution >= 0.6 is 0 Å². The minimum atomic E-state index is -1.07. The SMILES string of the molecule is CCCc1cc(=O)oc2cc(C)cc(OCC(=O)N[C@H](C(=O)O)[C@H](C)CC)c12. The zero-order valence-electron chi connectivity index (χ0n) is 16.7. The zero-order chi connectivity index (χ0) is 20.8. The van der Waals surface area contributed by atoms with Crippen molar-refractivity contribution in [3.8, 4) is 5.75 Å². The highest BCUT2D eigenvalue weighted by Gasteiger charge is 2.25. The maximum atomic E-state index is 12.3. The van der Waals surface area contributed by atoms with Crippen molar-refractivity contribution in [2.24, 2.45) is 5.92 Å². The number of carboxylic acid groups (broad SMARTS) is 1. The Morgan fingerprint density at radius 2 is 1.96 bits per heavy atom. The molecule has 7 nitrogen and oxygen atoms in total. The van der Waals surface area contributed by atoms with E-state index in [0.29, 0.717) is 29.6 Å². The third-order valence-corrected chi connectivity index (χ3v) is 4.71. The predicted octanol–water partition coefficient (Wildman–Crippen LogP) is 3.05. The number of aliphatic carboxylic acids is 1. The van der Waals surface area contributed by atoms with E-state index < -0.39 is 23.5 Å². The molecule has 0 radical (unpaired) electrons. The highest BCUT2D eigenvalue weighted by molar-refractivity contribution is 5.89. The van der Waals surface area contributed by atoms with Gasteiger partial charge < -0.3 is 19.6 Å². The van der Waals surface area contributed by atoms with Crippen LogP contribution in [0.15, 0.2) is 27.4 Å². The molecular formula is C21H27NO6. The van der Waals surface area contributed by atoms with Crippen LogP contribution in [0.3, 0.4) is 0 Å². The van der Waals surface area contributed by atoms with Gasteiger partial charge in [-0.1, -0.05) is 33.6 Å². The number of amides is 1. The summed E-state index contributed by atoms with van der Waals surface area (Å²) in [7, 11) is 0. The molecule has 28 heavy (non-hydrogen) atoms. The van der Waals surface area contributed by atoms with E-state index in [1.807, 2.05) is 20.8 Å². The van der Waals surface area contributed by atoms with Crippen LogP contribution in [-0.4, -0.2) is 29.6 Å². The summed E-state index contributed by atoms with van der Waals surface area (Å²) in [4.78, 5) is 35.5. The number of nitrogens with one attached hydrogen (secondary N) is 1. The number of hydrogen-bond acceptors (Lipinski definition) is 5. The number of hydrogen-bond donors (Lipinski definition) is 2. The lowest BCUT2D eigenvalue weighted by atomic mass is 9.99. The highest BCUT2D eigenvalue weighted by atomic mass is 16.5. The van der Waals surface area contributed by atoms with Crippen molar-refractivity contribution >= 4 is 22.8 Å². The molecule has 2 atom stereocenters. The van der Waals surface area contributed by atoms with Gasteiger partial charge in [0, 0.05) is 6.07 Å². The molecule has 7 heteroatoms. The number of rotatable bonds is 9. The number of carbonyl (C=O) groups excluding carboxylic acids is 1. The van der Waals surface area contributed by atoms with Crippen molar-refractivity contribution in [1.29, 1.82) is 0 Å². The quantitative estimate of drug-likeness (QED) is 0.639. The Labute approximate surface area is 163 Å². The standard InChI is InChI=1S/C21H27NO6/c1-5-7-14-10-18(24)28-16-9-12(3)8-15(19(14)16)27-11-17(23)22-20(21(25)26)13(4)6-2/h8-10,13,20H,5-7,11H2,1-4H3,(H,22,23)(H,25,26)/t13-,20+/m1/s1.